The fraction of sp³-hybridized carbons (Fsp3) is 0.444. The highest BCUT2D eigenvalue weighted by atomic mass is 35.5. The maximum absolute atomic E-state index is 12.2. The molecule has 0 aliphatic rings. The van der Waals surface area contributed by atoms with Crippen molar-refractivity contribution in [2.75, 3.05) is 26.7 Å². The first-order valence-corrected chi connectivity index (χ1v) is 8.42. The van der Waals surface area contributed by atoms with Gasteiger partial charge in [-0.2, -0.15) is 0 Å². The monoisotopic (exact) mass is 350 g/mol. The number of likely N-dealkylation sites (N-methyl/N-ethyl adjacent to an activating group) is 2. The second-order valence-electron chi connectivity index (χ2n) is 5.93. The average Bonchev–Trinajstić information content (AvgIpc) is 2.50. The molecule has 130 valence electrons. The van der Waals surface area contributed by atoms with Crippen LogP contribution in [0.25, 0.3) is 11.0 Å². The SMILES string of the molecule is CCN(CC)C(=O)CN(C)Cc1cc(=O)oc2cc(C)c(Cl)cc12. The third-order valence-electron chi connectivity index (χ3n) is 4.07. The van der Waals surface area contributed by atoms with Gasteiger partial charge in [-0.3, -0.25) is 9.69 Å². The number of halogens is 1. The van der Waals surface area contributed by atoms with Gasteiger partial charge in [0.15, 0.2) is 0 Å². The number of hydrogen-bond acceptors (Lipinski definition) is 4. The number of carbonyl (C=O) groups is 1. The molecule has 0 saturated carbocycles. The van der Waals surface area contributed by atoms with E-state index in [1.165, 1.54) is 6.07 Å². The first-order valence-electron chi connectivity index (χ1n) is 8.04. The minimum atomic E-state index is -0.400. The molecule has 1 aromatic heterocycles. The molecule has 0 atom stereocenters. The lowest BCUT2D eigenvalue weighted by molar-refractivity contribution is -0.131. The fourth-order valence-electron chi connectivity index (χ4n) is 2.73. The van der Waals surface area contributed by atoms with Crippen LogP contribution in [0.2, 0.25) is 5.02 Å². The van der Waals surface area contributed by atoms with Crippen LogP contribution in [0.15, 0.2) is 27.4 Å². The number of amides is 1. The number of rotatable bonds is 6. The van der Waals surface area contributed by atoms with Gasteiger partial charge in [-0.05, 0) is 51.1 Å². The highest BCUT2D eigenvalue weighted by Crippen LogP contribution is 2.25. The van der Waals surface area contributed by atoms with Gasteiger partial charge in [0.05, 0.1) is 6.54 Å². The predicted octanol–water partition coefficient (Wildman–Crippen LogP) is 3.06. The molecule has 1 aromatic carbocycles. The zero-order chi connectivity index (χ0) is 17.9. The normalized spacial score (nSPS) is 11.2. The molecule has 1 amide bonds. The van der Waals surface area contributed by atoms with Crippen molar-refractivity contribution in [3.63, 3.8) is 0 Å². The van der Waals surface area contributed by atoms with Crippen LogP contribution in [0, 0.1) is 6.92 Å². The highest BCUT2D eigenvalue weighted by Gasteiger charge is 2.15. The van der Waals surface area contributed by atoms with E-state index in [0.29, 0.717) is 36.8 Å². The number of fused-ring (bicyclic) bond motifs is 1. The van der Waals surface area contributed by atoms with E-state index in [4.69, 9.17) is 16.0 Å². The molecule has 24 heavy (non-hydrogen) atoms. The first kappa shape index (κ1) is 18.5. The van der Waals surface area contributed by atoms with Gasteiger partial charge in [0, 0.05) is 36.1 Å². The second kappa shape index (κ2) is 7.81. The molecule has 0 spiro atoms. The minimum absolute atomic E-state index is 0.0728. The van der Waals surface area contributed by atoms with Crippen LogP contribution in [-0.2, 0) is 11.3 Å². The van der Waals surface area contributed by atoms with Crippen molar-refractivity contribution < 1.29 is 9.21 Å². The van der Waals surface area contributed by atoms with Gasteiger partial charge in [-0.25, -0.2) is 4.79 Å². The molecule has 2 rings (SSSR count). The van der Waals surface area contributed by atoms with Crippen molar-refractivity contribution in [1.29, 1.82) is 0 Å². The van der Waals surface area contributed by atoms with Crippen LogP contribution in [-0.4, -0.2) is 42.4 Å². The molecular weight excluding hydrogens is 328 g/mol. The summed E-state index contributed by atoms with van der Waals surface area (Å²) in [5.74, 6) is 0.0728. The van der Waals surface area contributed by atoms with Crippen LogP contribution < -0.4 is 5.63 Å². The highest BCUT2D eigenvalue weighted by molar-refractivity contribution is 6.32. The molecule has 0 radical (unpaired) electrons. The first-order chi connectivity index (χ1) is 11.3. The Morgan fingerprint density at radius 1 is 1.21 bits per heavy atom. The number of aryl methyl sites for hydroxylation is 1. The molecule has 0 aliphatic heterocycles. The van der Waals surface area contributed by atoms with Gasteiger partial charge in [-0.1, -0.05) is 11.6 Å². The minimum Gasteiger partial charge on any atom is -0.423 e. The van der Waals surface area contributed by atoms with Crippen molar-refractivity contribution >= 4 is 28.5 Å². The molecule has 0 unspecified atom stereocenters. The van der Waals surface area contributed by atoms with Crippen LogP contribution in [0.3, 0.4) is 0 Å². The lowest BCUT2D eigenvalue weighted by atomic mass is 10.1. The smallest absolute Gasteiger partial charge is 0.336 e. The van der Waals surface area contributed by atoms with Gasteiger partial charge in [0.1, 0.15) is 5.58 Å². The van der Waals surface area contributed by atoms with E-state index in [1.54, 1.807) is 11.0 Å². The largest absolute Gasteiger partial charge is 0.423 e. The van der Waals surface area contributed by atoms with Crippen molar-refractivity contribution in [1.82, 2.24) is 9.80 Å². The molecule has 0 N–H and O–H groups in total. The summed E-state index contributed by atoms with van der Waals surface area (Å²) in [5.41, 5.74) is 1.78. The summed E-state index contributed by atoms with van der Waals surface area (Å²) in [6.07, 6.45) is 0. The van der Waals surface area contributed by atoms with Crippen LogP contribution >= 0.6 is 11.6 Å². The average molecular weight is 351 g/mol. The second-order valence-corrected chi connectivity index (χ2v) is 6.33. The Morgan fingerprint density at radius 3 is 2.50 bits per heavy atom. The van der Waals surface area contributed by atoms with Gasteiger partial charge in [-0.15, -0.1) is 0 Å². The molecule has 2 aromatic rings. The van der Waals surface area contributed by atoms with Crippen molar-refractivity contribution in [3.05, 3.63) is 44.8 Å². The molecule has 0 aliphatic carbocycles. The van der Waals surface area contributed by atoms with Crippen LogP contribution in [0.5, 0.6) is 0 Å². The molecule has 1 heterocycles. The fourth-order valence-corrected chi connectivity index (χ4v) is 2.90. The van der Waals surface area contributed by atoms with Crippen LogP contribution in [0.4, 0.5) is 0 Å². The summed E-state index contributed by atoms with van der Waals surface area (Å²) < 4.78 is 5.27. The van der Waals surface area contributed by atoms with Gasteiger partial charge >= 0.3 is 5.63 Å². The maximum atomic E-state index is 12.2. The van der Waals surface area contributed by atoms with Gasteiger partial charge in [0.25, 0.3) is 0 Å². The van der Waals surface area contributed by atoms with E-state index >= 15 is 0 Å². The molecule has 6 heteroatoms. The third kappa shape index (κ3) is 4.16. The standard InChI is InChI=1S/C18H23ClN2O3/c1-5-21(6-2)17(22)11-20(4)10-13-8-18(23)24-16-7-12(3)15(19)9-14(13)16/h7-9H,5-6,10-11H2,1-4H3. The van der Waals surface area contributed by atoms with Crippen molar-refractivity contribution in [2.24, 2.45) is 0 Å². The van der Waals surface area contributed by atoms with Gasteiger partial charge in [0.2, 0.25) is 5.91 Å². The molecular formula is C18H23ClN2O3. The van der Waals surface area contributed by atoms with E-state index in [-0.39, 0.29) is 5.91 Å². The topological polar surface area (TPSA) is 53.8 Å². The zero-order valence-electron chi connectivity index (χ0n) is 14.6. The molecule has 0 fully saturated rings. The number of hydrogen-bond donors (Lipinski definition) is 0. The summed E-state index contributed by atoms with van der Waals surface area (Å²) in [7, 11) is 1.86. The Labute approximate surface area is 146 Å². The number of benzene rings is 1. The van der Waals surface area contributed by atoms with E-state index in [2.05, 4.69) is 0 Å². The molecule has 0 bridgehead atoms. The third-order valence-corrected chi connectivity index (χ3v) is 4.48. The number of carbonyl (C=O) groups excluding carboxylic acids is 1. The van der Waals surface area contributed by atoms with E-state index < -0.39 is 5.63 Å². The quantitative estimate of drug-likeness (QED) is 0.751. The van der Waals surface area contributed by atoms with Crippen molar-refractivity contribution in [2.45, 2.75) is 27.3 Å². The predicted molar refractivity (Wildman–Crippen MR) is 96.5 cm³/mol. The summed E-state index contributed by atoms with van der Waals surface area (Å²) in [5, 5.41) is 1.42. The Kier molecular flexibility index (Phi) is 6.02. The summed E-state index contributed by atoms with van der Waals surface area (Å²) in [6, 6.07) is 5.04. The van der Waals surface area contributed by atoms with E-state index in [9.17, 15) is 9.59 Å². The van der Waals surface area contributed by atoms with E-state index in [0.717, 1.165) is 16.5 Å². The maximum Gasteiger partial charge on any atom is 0.336 e. The van der Waals surface area contributed by atoms with Crippen molar-refractivity contribution in [3.8, 4) is 0 Å². The molecule has 5 nitrogen and oxygen atoms in total. The Morgan fingerprint density at radius 2 is 1.88 bits per heavy atom. The Bertz CT molecular complexity index is 797. The lowest BCUT2D eigenvalue weighted by Crippen LogP contribution is -2.38. The summed E-state index contributed by atoms with van der Waals surface area (Å²) in [6.45, 7) is 7.93. The van der Waals surface area contributed by atoms with Gasteiger partial charge < -0.3 is 9.32 Å². The lowest BCUT2D eigenvalue weighted by Gasteiger charge is -2.23. The Balaban J connectivity index is 2.27. The van der Waals surface area contributed by atoms with E-state index in [1.807, 2.05) is 38.8 Å². The number of nitrogens with zero attached hydrogens (tertiary/aromatic N) is 2. The summed E-state index contributed by atoms with van der Waals surface area (Å²) >= 11 is 6.21. The molecule has 0 saturated heterocycles. The summed E-state index contributed by atoms with van der Waals surface area (Å²) in [4.78, 5) is 27.7. The van der Waals surface area contributed by atoms with Crippen LogP contribution in [0.1, 0.15) is 25.0 Å². The Hall–Kier alpha value is -1.85. The zero-order valence-corrected chi connectivity index (χ0v) is 15.3.